The summed E-state index contributed by atoms with van der Waals surface area (Å²) in [4.78, 5) is 25.9. The second-order valence-electron chi connectivity index (χ2n) is 3.60. The Kier molecular flexibility index (Phi) is 3.38. The zero-order chi connectivity index (χ0) is 13.1. The van der Waals surface area contributed by atoms with Gasteiger partial charge in [-0.2, -0.15) is 0 Å². The van der Waals surface area contributed by atoms with E-state index in [9.17, 15) is 9.59 Å². The minimum absolute atomic E-state index is 0.0202. The quantitative estimate of drug-likeness (QED) is 0.828. The average molecular weight is 262 g/mol. The number of nitrogens with one attached hydrogen (secondary N) is 1. The summed E-state index contributed by atoms with van der Waals surface area (Å²) in [5.74, 6) is -1.12. The first-order valence-electron chi connectivity index (χ1n) is 5.12. The van der Waals surface area contributed by atoms with E-state index in [0.717, 1.165) is 0 Å². The molecule has 18 heavy (non-hydrogen) atoms. The highest BCUT2D eigenvalue weighted by molar-refractivity contribution is 7.14. The molecule has 0 spiro atoms. The normalized spacial score (nSPS) is 10.1. The number of carbonyl (C=O) groups is 2. The Morgan fingerprint density at radius 2 is 2.17 bits per heavy atom. The zero-order valence-electron chi connectivity index (χ0n) is 9.51. The smallest absolute Gasteiger partial charge is 0.357 e. The fourth-order valence-electron chi connectivity index (χ4n) is 1.43. The second-order valence-corrected chi connectivity index (χ2v) is 4.45. The Morgan fingerprint density at radius 1 is 1.39 bits per heavy atom. The molecule has 2 aromatic rings. The fourth-order valence-corrected chi connectivity index (χ4v) is 2.13. The number of carbonyl (C=O) groups excluding carboxylic acids is 1. The van der Waals surface area contributed by atoms with Crippen LogP contribution in [0.15, 0.2) is 29.8 Å². The van der Waals surface area contributed by atoms with E-state index in [-0.39, 0.29) is 11.5 Å². The number of rotatable bonds is 4. The molecule has 0 radical (unpaired) electrons. The van der Waals surface area contributed by atoms with Crippen molar-refractivity contribution < 1.29 is 14.7 Å². The third-order valence-electron chi connectivity index (χ3n) is 2.30. The highest BCUT2D eigenvalue weighted by Gasteiger charge is 2.13. The molecule has 6 heteroatoms. The molecular weight excluding hydrogens is 252 g/mol. The summed E-state index contributed by atoms with van der Waals surface area (Å²) in [6.07, 6.45) is 0. The molecule has 0 amide bonds. The van der Waals surface area contributed by atoms with Gasteiger partial charge in [-0.25, -0.2) is 9.78 Å². The molecule has 0 bridgehead atoms. The van der Waals surface area contributed by atoms with Crippen LogP contribution in [-0.4, -0.2) is 21.8 Å². The Bertz CT molecular complexity index is 607. The van der Waals surface area contributed by atoms with Gasteiger partial charge in [-0.1, -0.05) is 12.1 Å². The van der Waals surface area contributed by atoms with Crippen LogP contribution >= 0.6 is 11.3 Å². The van der Waals surface area contributed by atoms with E-state index in [1.54, 1.807) is 24.3 Å². The third-order valence-corrected chi connectivity index (χ3v) is 3.04. The highest BCUT2D eigenvalue weighted by Crippen LogP contribution is 2.25. The molecule has 0 aliphatic rings. The first kappa shape index (κ1) is 12.3. The van der Waals surface area contributed by atoms with Crippen molar-refractivity contribution in [3.63, 3.8) is 0 Å². The molecule has 2 rings (SSSR count). The van der Waals surface area contributed by atoms with E-state index in [1.807, 2.05) is 0 Å². The summed E-state index contributed by atoms with van der Waals surface area (Å²) in [7, 11) is 0. The van der Waals surface area contributed by atoms with E-state index in [0.29, 0.717) is 16.3 Å². The van der Waals surface area contributed by atoms with Gasteiger partial charge in [0.05, 0.1) is 5.51 Å². The van der Waals surface area contributed by atoms with Crippen molar-refractivity contribution in [3.05, 3.63) is 41.0 Å². The van der Waals surface area contributed by atoms with Crippen LogP contribution in [-0.2, 0) is 0 Å². The fraction of sp³-hybridized carbons (Fsp3) is 0.0833. The number of hydrogen-bond acceptors (Lipinski definition) is 5. The Morgan fingerprint density at radius 3 is 2.83 bits per heavy atom. The maximum atomic E-state index is 11.2. The number of benzene rings is 1. The largest absolute Gasteiger partial charge is 0.476 e. The van der Waals surface area contributed by atoms with Crippen LogP contribution in [0.5, 0.6) is 0 Å². The number of aromatic nitrogens is 1. The number of thiazole rings is 1. The van der Waals surface area contributed by atoms with Crippen LogP contribution in [0.1, 0.15) is 27.8 Å². The van der Waals surface area contributed by atoms with E-state index < -0.39 is 5.97 Å². The number of ketones is 1. The Labute approximate surface area is 107 Å². The van der Waals surface area contributed by atoms with E-state index in [4.69, 9.17) is 5.11 Å². The predicted octanol–water partition coefficient (Wildman–Crippen LogP) is 2.79. The van der Waals surface area contributed by atoms with Crippen LogP contribution < -0.4 is 5.32 Å². The highest BCUT2D eigenvalue weighted by atomic mass is 32.1. The summed E-state index contributed by atoms with van der Waals surface area (Å²) in [5.41, 5.74) is 2.67. The lowest BCUT2D eigenvalue weighted by molar-refractivity contribution is 0.0692. The minimum atomic E-state index is -1.08. The van der Waals surface area contributed by atoms with Gasteiger partial charge in [0.1, 0.15) is 5.00 Å². The van der Waals surface area contributed by atoms with Crippen molar-refractivity contribution in [3.8, 4) is 0 Å². The molecule has 2 N–H and O–H groups in total. The number of nitrogens with zero attached hydrogens (tertiary/aromatic N) is 1. The van der Waals surface area contributed by atoms with Gasteiger partial charge in [0.2, 0.25) is 0 Å². The van der Waals surface area contributed by atoms with Crippen LogP contribution in [0.4, 0.5) is 10.7 Å². The molecule has 0 saturated carbocycles. The number of anilines is 2. The molecule has 0 atom stereocenters. The molecule has 1 heterocycles. The molecule has 1 aromatic carbocycles. The van der Waals surface area contributed by atoms with Gasteiger partial charge in [0, 0.05) is 11.3 Å². The molecule has 0 aliphatic heterocycles. The van der Waals surface area contributed by atoms with Crippen LogP contribution in [0, 0.1) is 0 Å². The van der Waals surface area contributed by atoms with Gasteiger partial charge in [0.25, 0.3) is 0 Å². The summed E-state index contributed by atoms with van der Waals surface area (Å²) in [6.45, 7) is 1.48. The van der Waals surface area contributed by atoms with Crippen molar-refractivity contribution in [2.75, 3.05) is 5.32 Å². The molecule has 0 saturated heterocycles. The van der Waals surface area contributed by atoms with Gasteiger partial charge in [0.15, 0.2) is 11.5 Å². The first-order chi connectivity index (χ1) is 8.58. The lowest BCUT2D eigenvalue weighted by Gasteiger charge is -2.05. The number of aromatic carboxylic acids is 1. The van der Waals surface area contributed by atoms with Gasteiger partial charge < -0.3 is 10.4 Å². The van der Waals surface area contributed by atoms with Gasteiger partial charge in [-0.05, 0) is 19.1 Å². The molecular formula is C12H10N2O3S. The average Bonchev–Trinajstić information content (AvgIpc) is 2.77. The first-order valence-corrected chi connectivity index (χ1v) is 6.00. The van der Waals surface area contributed by atoms with Gasteiger partial charge in [-0.3, -0.25) is 4.79 Å². The summed E-state index contributed by atoms with van der Waals surface area (Å²) in [5, 5.41) is 12.3. The Balaban J connectivity index is 2.28. The number of carboxylic acid groups (broad SMARTS) is 1. The SMILES string of the molecule is CC(=O)c1cccc(Nc2scnc2C(=O)O)c1. The molecule has 5 nitrogen and oxygen atoms in total. The van der Waals surface area contributed by atoms with Crippen LogP contribution in [0.25, 0.3) is 0 Å². The standard InChI is InChI=1S/C12H10N2O3S/c1-7(15)8-3-2-4-9(5-8)14-11-10(12(16)17)13-6-18-11/h2-6,14H,1H3,(H,16,17). The number of Topliss-reactive ketones (excluding diaryl/α,β-unsaturated/α-hetero) is 1. The predicted molar refractivity (Wildman–Crippen MR) is 68.8 cm³/mol. The molecule has 1 aromatic heterocycles. The van der Waals surface area contributed by atoms with Crippen molar-refractivity contribution in [1.82, 2.24) is 4.98 Å². The van der Waals surface area contributed by atoms with E-state index >= 15 is 0 Å². The topological polar surface area (TPSA) is 79.3 Å². The van der Waals surface area contributed by atoms with Crippen molar-refractivity contribution in [1.29, 1.82) is 0 Å². The lowest BCUT2D eigenvalue weighted by atomic mass is 10.1. The summed E-state index contributed by atoms with van der Waals surface area (Å²) < 4.78 is 0. The van der Waals surface area contributed by atoms with Crippen LogP contribution in [0.2, 0.25) is 0 Å². The zero-order valence-corrected chi connectivity index (χ0v) is 10.3. The van der Waals surface area contributed by atoms with Gasteiger partial charge in [-0.15, -0.1) is 11.3 Å². The summed E-state index contributed by atoms with van der Waals surface area (Å²) in [6, 6.07) is 6.88. The molecule has 0 unspecified atom stereocenters. The maximum Gasteiger partial charge on any atom is 0.357 e. The monoisotopic (exact) mass is 262 g/mol. The lowest BCUT2D eigenvalue weighted by Crippen LogP contribution is -2.01. The summed E-state index contributed by atoms with van der Waals surface area (Å²) >= 11 is 1.20. The van der Waals surface area contributed by atoms with Crippen molar-refractivity contribution in [2.24, 2.45) is 0 Å². The van der Waals surface area contributed by atoms with Gasteiger partial charge >= 0.3 is 5.97 Å². The molecule has 0 aliphatic carbocycles. The third kappa shape index (κ3) is 2.54. The molecule has 0 fully saturated rings. The minimum Gasteiger partial charge on any atom is -0.476 e. The number of carboxylic acids is 1. The van der Waals surface area contributed by atoms with Crippen molar-refractivity contribution >= 4 is 33.8 Å². The molecule has 92 valence electrons. The maximum absolute atomic E-state index is 11.2. The van der Waals surface area contributed by atoms with Crippen molar-refractivity contribution in [2.45, 2.75) is 6.92 Å². The number of hydrogen-bond donors (Lipinski definition) is 2. The van der Waals surface area contributed by atoms with E-state index in [2.05, 4.69) is 10.3 Å². The van der Waals surface area contributed by atoms with E-state index in [1.165, 1.54) is 23.8 Å². The van der Waals surface area contributed by atoms with Crippen LogP contribution in [0.3, 0.4) is 0 Å². The Hall–Kier alpha value is -2.21. The second kappa shape index (κ2) is 4.97.